The third-order valence-electron chi connectivity index (χ3n) is 2.87. The highest BCUT2D eigenvalue weighted by atomic mass is 16.3. The van der Waals surface area contributed by atoms with Gasteiger partial charge >= 0.3 is 0 Å². The Labute approximate surface area is 87.5 Å². The number of hydrogen-bond acceptors (Lipinski definition) is 3. The van der Waals surface area contributed by atoms with Gasteiger partial charge in [0, 0.05) is 38.8 Å². The third kappa shape index (κ3) is 3.95. The van der Waals surface area contributed by atoms with Gasteiger partial charge in [-0.3, -0.25) is 4.90 Å². The van der Waals surface area contributed by atoms with Crippen LogP contribution in [0.2, 0.25) is 0 Å². The molecular formula is C11H24N2O. The Bertz CT molecular complexity index is 144. The molecule has 0 aliphatic carbocycles. The van der Waals surface area contributed by atoms with E-state index in [-0.39, 0.29) is 0 Å². The van der Waals surface area contributed by atoms with Crippen molar-refractivity contribution in [3.63, 3.8) is 0 Å². The molecule has 1 unspecified atom stereocenters. The van der Waals surface area contributed by atoms with Crippen LogP contribution < -0.4 is 5.32 Å². The molecule has 0 spiro atoms. The van der Waals surface area contributed by atoms with Crippen LogP contribution in [-0.4, -0.2) is 48.8 Å². The fourth-order valence-corrected chi connectivity index (χ4v) is 2.19. The number of aliphatic hydroxyl groups excluding tert-OH is 1. The summed E-state index contributed by atoms with van der Waals surface area (Å²) >= 11 is 0. The summed E-state index contributed by atoms with van der Waals surface area (Å²) < 4.78 is 0. The van der Waals surface area contributed by atoms with Gasteiger partial charge in [-0.1, -0.05) is 13.8 Å². The fourth-order valence-electron chi connectivity index (χ4n) is 2.19. The lowest BCUT2D eigenvalue weighted by Crippen LogP contribution is -2.49. The number of aliphatic hydroxyl groups is 1. The van der Waals surface area contributed by atoms with Crippen LogP contribution in [0, 0.1) is 5.92 Å². The van der Waals surface area contributed by atoms with E-state index in [4.69, 9.17) is 5.11 Å². The second-order valence-electron chi connectivity index (χ2n) is 4.58. The summed E-state index contributed by atoms with van der Waals surface area (Å²) in [6.07, 6.45) is 2.14. The van der Waals surface area contributed by atoms with E-state index in [1.807, 2.05) is 0 Å². The molecule has 0 aromatic rings. The molecule has 1 fully saturated rings. The second kappa shape index (κ2) is 6.38. The Morgan fingerprint density at radius 3 is 2.43 bits per heavy atom. The van der Waals surface area contributed by atoms with Gasteiger partial charge in [-0.2, -0.15) is 0 Å². The highest BCUT2D eigenvalue weighted by molar-refractivity contribution is 4.77. The number of nitrogens with one attached hydrogen (secondary N) is 1. The first-order valence-corrected chi connectivity index (χ1v) is 5.79. The Morgan fingerprint density at radius 2 is 1.93 bits per heavy atom. The van der Waals surface area contributed by atoms with E-state index in [0.29, 0.717) is 12.6 Å². The molecule has 2 N–H and O–H groups in total. The van der Waals surface area contributed by atoms with Crippen LogP contribution in [0.4, 0.5) is 0 Å². The summed E-state index contributed by atoms with van der Waals surface area (Å²) in [5, 5.41) is 12.4. The molecule has 0 aromatic carbocycles. The van der Waals surface area contributed by atoms with Crippen LogP contribution in [0.15, 0.2) is 0 Å². The maximum atomic E-state index is 9.04. The monoisotopic (exact) mass is 200 g/mol. The molecule has 14 heavy (non-hydrogen) atoms. The molecule has 0 radical (unpaired) electrons. The van der Waals surface area contributed by atoms with Crippen LogP contribution in [0.5, 0.6) is 0 Å². The first-order chi connectivity index (χ1) is 6.74. The maximum absolute atomic E-state index is 9.04. The molecule has 1 saturated heterocycles. The predicted octanol–water partition coefficient (Wildman–Crippen LogP) is 0.689. The van der Waals surface area contributed by atoms with Crippen molar-refractivity contribution in [3.05, 3.63) is 0 Å². The van der Waals surface area contributed by atoms with Gasteiger partial charge < -0.3 is 10.4 Å². The smallest absolute Gasteiger partial charge is 0.0445 e. The van der Waals surface area contributed by atoms with Crippen LogP contribution in [0.25, 0.3) is 0 Å². The minimum atomic E-state index is 0.321. The van der Waals surface area contributed by atoms with E-state index in [2.05, 4.69) is 24.1 Å². The molecule has 1 heterocycles. The summed E-state index contributed by atoms with van der Waals surface area (Å²) in [5.74, 6) is 0.724. The zero-order valence-electron chi connectivity index (χ0n) is 9.50. The molecule has 3 nitrogen and oxygen atoms in total. The van der Waals surface area contributed by atoms with Crippen LogP contribution in [0.1, 0.15) is 26.7 Å². The van der Waals surface area contributed by atoms with E-state index in [1.165, 1.54) is 6.42 Å². The fraction of sp³-hybridized carbons (Fsp3) is 1.00. The zero-order valence-corrected chi connectivity index (χ0v) is 9.50. The zero-order chi connectivity index (χ0) is 10.4. The summed E-state index contributed by atoms with van der Waals surface area (Å²) in [6, 6.07) is 0.585. The number of nitrogens with zero attached hydrogens (tertiary/aromatic N) is 1. The lowest BCUT2D eigenvalue weighted by Gasteiger charge is -2.35. The first-order valence-electron chi connectivity index (χ1n) is 5.79. The third-order valence-corrected chi connectivity index (χ3v) is 2.87. The van der Waals surface area contributed by atoms with Crippen molar-refractivity contribution in [2.24, 2.45) is 5.92 Å². The van der Waals surface area contributed by atoms with Gasteiger partial charge in [-0.15, -0.1) is 0 Å². The summed E-state index contributed by atoms with van der Waals surface area (Å²) in [4.78, 5) is 2.52. The molecule has 0 aromatic heterocycles. The van der Waals surface area contributed by atoms with Crippen molar-refractivity contribution in [2.75, 3.05) is 32.8 Å². The van der Waals surface area contributed by atoms with Crippen molar-refractivity contribution in [1.29, 1.82) is 0 Å². The SMILES string of the molecule is CC(C)CC(CCO)N1CCNCC1. The van der Waals surface area contributed by atoms with Gasteiger partial charge in [-0.05, 0) is 18.8 Å². The molecule has 0 saturated carbocycles. The van der Waals surface area contributed by atoms with Gasteiger partial charge in [0.25, 0.3) is 0 Å². The van der Waals surface area contributed by atoms with Crippen LogP contribution in [-0.2, 0) is 0 Å². The highest BCUT2D eigenvalue weighted by Crippen LogP contribution is 2.15. The Balaban J connectivity index is 2.38. The molecule has 0 bridgehead atoms. The molecule has 1 rings (SSSR count). The van der Waals surface area contributed by atoms with Gasteiger partial charge in [0.15, 0.2) is 0 Å². The lowest BCUT2D eigenvalue weighted by atomic mass is 9.99. The molecular weight excluding hydrogens is 176 g/mol. The van der Waals surface area contributed by atoms with E-state index in [1.54, 1.807) is 0 Å². The molecule has 1 aliphatic heterocycles. The maximum Gasteiger partial charge on any atom is 0.0445 e. The summed E-state index contributed by atoms with van der Waals surface area (Å²) in [5.41, 5.74) is 0. The van der Waals surface area contributed by atoms with Crippen molar-refractivity contribution in [1.82, 2.24) is 10.2 Å². The molecule has 3 heteroatoms. The number of rotatable bonds is 5. The summed E-state index contributed by atoms with van der Waals surface area (Å²) in [7, 11) is 0. The van der Waals surface area contributed by atoms with Crippen molar-refractivity contribution in [2.45, 2.75) is 32.7 Å². The molecule has 1 aliphatic rings. The van der Waals surface area contributed by atoms with Crippen LogP contribution >= 0.6 is 0 Å². The van der Waals surface area contributed by atoms with E-state index >= 15 is 0 Å². The Morgan fingerprint density at radius 1 is 1.29 bits per heavy atom. The van der Waals surface area contributed by atoms with Crippen LogP contribution in [0.3, 0.4) is 0 Å². The van der Waals surface area contributed by atoms with E-state index in [9.17, 15) is 0 Å². The molecule has 1 atom stereocenters. The number of hydrogen-bond donors (Lipinski definition) is 2. The average molecular weight is 200 g/mol. The largest absolute Gasteiger partial charge is 0.396 e. The molecule has 0 amide bonds. The second-order valence-corrected chi connectivity index (χ2v) is 4.58. The standard InChI is InChI=1S/C11H24N2O/c1-10(2)9-11(3-8-14)13-6-4-12-5-7-13/h10-12,14H,3-9H2,1-2H3. The minimum Gasteiger partial charge on any atom is -0.396 e. The predicted molar refractivity (Wildman–Crippen MR) is 59.4 cm³/mol. The Hall–Kier alpha value is -0.120. The van der Waals surface area contributed by atoms with Crippen molar-refractivity contribution < 1.29 is 5.11 Å². The average Bonchev–Trinajstić information content (AvgIpc) is 2.18. The van der Waals surface area contributed by atoms with Crippen molar-refractivity contribution >= 4 is 0 Å². The van der Waals surface area contributed by atoms with Gasteiger partial charge in [0.2, 0.25) is 0 Å². The van der Waals surface area contributed by atoms with Gasteiger partial charge in [-0.25, -0.2) is 0 Å². The first kappa shape index (κ1) is 12.0. The summed E-state index contributed by atoms with van der Waals surface area (Å²) in [6.45, 7) is 9.30. The quantitative estimate of drug-likeness (QED) is 0.685. The van der Waals surface area contributed by atoms with Crippen molar-refractivity contribution in [3.8, 4) is 0 Å². The van der Waals surface area contributed by atoms with E-state index < -0.39 is 0 Å². The Kier molecular flexibility index (Phi) is 5.45. The normalized spacial score (nSPS) is 21.4. The highest BCUT2D eigenvalue weighted by Gasteiger charge is 2.20. The van der Waals surface area contributed by atoms with Gasteiger partial charge in [0.05, 0.1) is 0 Å². The topological polar surface area (TPSA) is 35.5 Å². The lowest BCUT2D eigenvalue weighted by molar-refractivity contribution is 0.124. The minimum absolute atomic E-state index is 0.321. The molecule has 84 valence electrons. The van der Waals surface area contributed by atoms with Gasteiger partial charge in [0.1, 0.15) is 0 Å². The number of piperazine rings is 1. The van der Waals surface area contributed by atoms with E-state index in [0.717, 1.165) is 38.5 Å².